The minimum atomic E-state index is -0.111. The number of hydrogen-bond acceptors (Lipinski definition) is 3. The highest BCUT2D eigenvalue weighted by atomic mass is 16.1. The zero-order valence-corrected chi connectivity index (χ0v) is 11.7. The van der Waals surface area contributed by atoms with Gasteiger partial charge in [0.2, 0.25) is 0 Å². The summed E-state index contributed by atoms with van der Waals surface area (Å²) in [6.45, 7) is 0. The molecule has 2 aromatic carbocycles. The molecule has 0 saturated carbocycles. The Morgan fingerprint density at radius 3 is 2.19 bits per heavy atom. The number of carbonyl (C=O) groups is 1. The summed E-state index contributed by atoms with van der Waals surface area (Å²) in [6.07, 6.45) is 1.50. The molecule has 0 aliphatic heterocycles. The van der Waals surface area contributed by atoms with Crippen LogP contribution in [0.5, 0.6) is 0 Å². The van der Waals surface area contributed by atoms with Crippen molar-refractivity contribution < 1.29 is 4.79 Å². The first-order chi connectivity index (χ1) is 10.2. The van der Waals surface area contributed by atoms with E-state index in [1.54, 1.807) is 7.05 Å². The highest BCUT2D eigenvalue weighted by molar-refractivity contribution is 6.11. The molecule has 0 bridgehead atoms. The fourth-order valence-corrected chi connectivity index (χ4v) is 2.22. The molecule has 21 heavy (non-hydrogen) atoms. The smallest absolute Gasteiger partial charge is 0.198 e. The molecule has 2 N–H and O–H groups in total. The van der Waals surface area contributed by atoms with Crippen LogP contribution < -0.4 is 5.73 Å². The maximum atomic E-state index is 12.4. The second kappa shape index (κ2) is 5.25. The number of aryl methyl sites for hydroxylation is 1. The molecular weight excluding hydrogens is 262 g/mol. The third-order valence-corrected chi connectivity index (χ3v) is 3.48. The van der Waals surface area contributed by atoms with Gasteiger partial charge in [-0.15, -0.1) is 0 Å². The minimum absolute atomic E-state index is 0.111. The van der Waals surface area contributed by atoms with Crippen molar-refractivity contribution in [3.8, 4) is 11.1 Å². The highest BCUT2D eigenvalue weighted by Crippen LogP contribution is 2.21. The van der Waals surface area contributed by atoms with Crippen LogP contribution in [0.2, 0.25) is 0 Å². The quantitative estimate of drug-likeness (QED) is 0.749. The van der Waals surface area contributed by atoms with Gasteiger partial charge in [-0.1, -0.05) is 54.6 Å². The summed E-state index contributed by atoms with van der Waals surface area (Å²) >= 11 is 0. The average molecular weight is 277 g/mol. The molecule has 0 radical (unpaired) electrons. The molecular formula is C17H15N3O. The average Bonchev–Trinajstić information content (AvgIpc) is 2.87. The van der Waals surface area contributed by atoms with E-state index in [9.17, 15) is 4.79 Å². The van der Waals surface area contributed by atoms with Crippen molar-refractivity contribution in [1.82, 2.24) is 9.78 Å². The summed E-state index contributed by atoms with van der Waals surface area (Å²) in [6, 6.07) is 17.5. The van der Waals surface area contributed by atoms with Crippen LogP contribution in [0.15, 0.2) is 60.8 Å². The normalized spacial score (nSPS) is 10.5. The molecule has 3 rings (SSSR count). The Morgan fingerprint density at radius 2 is 1.62 bits per heavy atom. The van der Waals surface area contributed by atoms with Gasteiger partial charge in [-0.3, -0.25) is 9.48 Å². The monoisotopic (exact) mass is 277 g/mol. The van der Waals surface area contributed by atoms with Gasteiger partial charge in [-0.25, -0.2) is 0 Å². The predicted molar refractivity (Wildman–Crippen MR) is 82.9 cm³/mol. The molecule has 1 aromatic heterocycles. The number of aromatic nitrogens is 2. The number of anilines is 1. The molecule has 0 aliphatic carbocycles. The van der Waals surface area contributed by atoms with Gasteiger partial charge in [-0.05, 0) is 11.1 Å². The third-order valence-electron chi connectivity index (χ3n) is 3.48. The number of nitrogen functional groups attached to an aromatic ring is 1. The van der Waals surface area contributed by atoms with E-state index in [1.807, 2.05) is 54.6 Å². The van der Waals surface area contributed by atoms with Crippen LogP contribution in [0.25, 0.3) is 11.1 Å². The van der Waals surface area contributed by atoms with Crippen LogP contribution in [0, 0.1) is 0 Å². The fraction of sp³-hybridized carbons (Fsp3) is 0.0588. The van der Waals surface area contributed by atoms with Crippen LogP contribution in [0.4, 0.5) is 5.82 Å². The summed E-state index contributed by atoms with van der Waals surface area (Å²) in [4.78, 5) is 12.4. The van der Waals surface area contributed by atoms with Gasteiger partial charge in [0, 0.05) is 12.6 Å². The number of hydrogen-bond donors (Lipinski definition) is 1. The molecule has 0 aliphatic rings. The third kappa shape index (κ3) is 2.43. The van der Waals surface area contributed by atoms with Crippen molar-refractivity contribution in [2.45, 2.75) is 0 Å². The second-order valence-corrected chi connectivity index (χ2v) is 4.84. The molecule has 0 spiro atoms. The first kappa shape index (κ1) is 13.1. The van der Waals surface area contributed by atoms with E-state index in [1.165, 1.54) is 10.9 Å². The SMILES string of the molecule is Cn1ncc(C(=O)c2ccc(-c3ccccc3)cc2)c1N. The molecule has 4 heteroatoms. The van der Waals surface area contributed by atoms with Gasteiger partial charge in [0.15, 0.2) is 5.78 Å². The molecule has 1 heterocycles. The van der Waals surface area contributed by atoms with Crippen molar-refractivity contribution >= 4 is 11.6 Å². The lowest BCUT2D eigenvalue weighted by atomic mass is 10.0. The number of ketones is 1. The van der Waals surface area contributed by atoms with Gasteiger partial charge in [0.25, 0.3) is 0 Å². The summed E-state index contributed by atoms with van der Waals surface area (Å²) in [7, 11) is 1.71. The number of benzene rings is 2. The van der Waals surface area contributed by atoms with Gasteiger partial charge < -0.3 is 5.73 Å². The number of rotatable bonds is 3. The maximum Gasteiger partial charge on any atom is 0.198 e. The summed E-state index contributed by atoms with van der Waals surface area (Å²) in [5.41, 5.74) is 9.08. The lowest BCUT2D eigenvalue weighted by Crippen LogP contribution is -2.05. The van der Waals surface area contributed by atoms with Crippen LogP contribution in [-0.2, 0) is 7.05 Å². The summed E-state index contributed by atoms with van der Waals surface area (Å²) < 4.78 is 1.49. The Balaban J connectivity index is 1.91. The van der Waals surface area contributed by atoms with Crippen molar-refractivity contribution in [1.29, 1.82) is 0 Å². The van der Waals surface area contributed by atoms with E-state index in [-0.39, 0.29) is 5.78 Å². The predicted octanol–water partition coefficient (Wildman–Crippen LogP) is 2.90. The van der Waals surface area contributed by atoms with E-state index in [4.69, 9.17) is 5.73 Å². The number of nitrogens with zero attached hydrogens (tertiary/aromatic N) is 2. The van der Waals surface area contributed by atoms with Crippen LogP contribution in [-0.4, -0.2) is 15.6 Å². The molecule has 0 saturated heterocycles. The minimum Gasteiger partial charge on any atom is -0.383 e. The van der Waals surface area contributed by atoms with E-state index < -0.39 is 0 Å². The molecule has 0 atom stereocenters. The lowest BCUT2D eigenvalue weighted by molar-refractivity contribution is 0.103. The van der Waals surface area contributed by atoms with Crippen LogP contribution in [0.1, 0.15) is 15.9 Å². The lowest BCUT2D eigenvalue weighted by Gasteiger charge is -2.04. The Morgan fingerprint density at radius 1 is 1.00 bits per heavy atom. The van der Waals surface area contributed by atoms with E-state index in [0.717, 1.165) is 11.1 Å². The van der Waals surface area contributed by atoms with Gasteiger partial charge in [0.1, 0.15) is 5.82 Å². The second-order valence-electron chi connectivity index (χ2n) is 4.84. The van der Waals surface area contributed by atoms with Crippen LogP contribution >= 0.6 is 0 Å². The van der Waals surface area contributed by atoms with Crippen molar-refractivity contribution in [2.75, 3.05) is 5.73 Å². The maximum absolute atomic E-state index is 12.4. The van der Waals surface area contributed by atoms with Crippen molar-refractivity contribution in [3.05, 3.63) is 71.9 Å². The topological polar surface area (TPSA) is 60.9 Å². The van der Waals surface area contributed by atoms with Gasteiger partial charge >= 0.3 is 0 Å². The first-order valence-electron chi connectivity index (χ1n) is 6.64. The van der Waals surface area contributed by atoms with Gasteiger partial charge in [-0.2, -0.15) is 5.10 Å². The van der Waals surface area contributed by atoms with Crippen LogP contribution in [0.3, 0.4) is 0 Å². The standard InChI is InChI=1S/C17H15N3O/c1-20-17(18)15(11-19-20)16(21)14-9-7-13(8-10-14)12-5-3-2-4-6-12/h2-11H,18H2,1H3. The van der Waals surface area contributed by atoms with E-state index >= 15 is 0 Å². The van der Waals surface area contributed by atoms with E-state index in [0.29, 0.717) is 16.9 Å². The molecule has 0 amide bonds. The zero-order chi connectivity index (χ0) is 14.8. The van der Waals surface area contributed by atoms with Crippen molar-refractivity contribution in [2.24, 2.45) is 7.05 Å². The molecule has 0 fully saturated rings. The Bertz CT molecular complexity index is 774. The molecule has 104 valence electrons. The number of carbonyl (C=O) groups excluding carboxylic acids is 1. The Hall–Kier alpha value is -2.88. The molecule has 4 nitrogen and oxygen atoms in total. The van der Waals surface area contributed by atoms with Gasteiger partial charge in [0.05, 0.1) is 11.8 Å². The first-order valence-corrected chi connectivity index (χ1v) is 6.64. The Kier molecular flexibility index (Phi) is 3.28. The summed E-state index contributed by atoms with van der Waals surface area (Å²) in [5.74, 6) is 0.271. The molecule has 3 aromatic rings. The molecule has 0 unspecified atom stereocenters. The zero-order valence-electron chi connectivity index (χ0n) is 11.7. The number of nitrogens with two attached hydrogens (primary N) is 1. The Labute approximate surface area is 122 Å². The highest BCUT2D eigenvalue weighted by Gasteiger charge is 2.15. The largest absolute Gasteiger partial charge is 0.383 e. The van der Waals surface area contributed by atoms with Crippen molar-refractivity contribution in [3.63, 3.8) is 0 Å². The summed E-state index contributed by atoms with van der Waals surface area (Å²) in [5, 5.41) is 4.00. The van der Waals surface area contributed by atoms with E-state index in [2.05, 4.69) is 5.10 Å². The fourth-order valence-electron chi connectivity index (χ4n) is 2.22.